The Labute approximate surface area is 169 Å². The van der Waals surface area contributed by atoms with Crippen molar-refractivity contribution in [3.05, 3.63) is 53.7 Å². The van der Waals surface area contributed by atoms with Gasteiger partial charge in [-0.2, -0.15) is 0 Å². The summed E-state index contributed by atoms with van der Waals surface area (Å²) in [5, 5.41) is 5.67. The van der Waals surface area contributed by atoms with Gasteiger partial charge in [0.2, 0.25) is 5.91 Å². The van der Waals surface area contributed by atoms with Crippen molar-refractivity contribution < 1.29 is 14.3 Å². The maximum Gasteiger partial charge on any atom is 0.256 e. The second-order valence-electron chi connectivity index (χ2n) is 7.01. The highest BCUT2D eigenvalue weighted by Gasteiger charge is 2.24. The fourth-order valence-electron chi connectivity index (χ4n) is 3.37. The number of pyridine rings is 1. The van der Waals surface area contributed by atoms with Crippen molar-refractivity contribution in [3.8, 4) is 11.8 Å². The third-order valence-electron chi connectivity index (χ3n) is 4.84. The fourth-order valence-corrected chi connectivity index (χ4v) is 3.37. The molecule has 0 spiro atoms. The van der Waals surface area contributed by atoms with Gasteiger partial charge in [0.1, 0.15) is 5.82 Å². The van der Waals surface area contributed by atoms with E-state index in [0.29, 0.717) is 23.6 Å². The molecule has 4 rings (SSSR count). The molecule has 7 heteroatoms. The quantitative estimate of drug-likeness (QED) is 0.782. The van der Waals surface area contributed by atoms with Gasteiger partial charge in [0.25, 0.3) is 5.91 Å². The van der Waals surface area contributed by atoms with Crippen molar-refractivity contribution in [2.45, 2.75) is 18.9 Å². The number of rotatable bonds is 4. The molecule has 2 aliphatic heterocycles. The van der Waals surface area contributed by atoms with Crippen LogP contribution in [0.4, 0.5) is 11.5 Å². The molecule has 2 aliphatic rings. The summed E-state index contributed by atoms with van der Waals surface area (Å²) in [5.74, 6) is 6.41. The molecule has 2 amide bonds. The molecule has 0 bridgehead atoms. The lowest BCUT2D eigenvalue weighted by Gasteiger charge is -2.24. The number of carbonyl (C=O) groups excluding carboxylic acids is 2. The van der Waals surface area contributed by atoms with Crippen molar-refractivity contribution in [2.24, 2.45) is 0 Å². The molecule has 7 nitrogen and oxygen atoms in total. The first-order chi connectivity index (χ1) is 14.2. The zero-order chi connectivity index (χ0) is 20.1. The largest absolute Gasteiger partial charge is 0.376 e. The summed E-state index contributed by atoms with van der Waals surface area (Å²) in [6, 6.07) is 11.3. The lowest BCUT2D eigenvalue weighted by Crippen LogP contribution is -2.38. The van der Waals surface area contributed by atoms with Gasteiger partial charge in [0, 0.05) is 24.9 Å². The second kappa shape index (κ2) is 8.76. The number of aromatic nitrogens is 1. The Morgan fingerprint density at radius 1 is 1.31 bits per heavy atom. The second-order valence-corrected chi connectivity index (χ2v) is 7.01. The van der Waals surface area contributed by atoms with Gasteiger partial charge < -0.3 is 20.3 Å². The zero-order valence-corrected chi connectivity index (χ0v) is 16.0. The molecule has 1 atom stereocenters. The number of amides is 2. The minimum Gasteiger partial charge on any atom is -0.376 e. The molecule has 1 fully saturated rings. The van der Waals surface area contributed by atoms with Gasteiger partial charge >= 0.3 is 0 Å². The van der Waals surface area contributed by atoms with E-state index in [1.807, 2.05) is 30.3 Å². The van der Waals surface area contributed by atoms with E-state index in [2.05, 4.69) is 27.5 Å². The predicted molar refractivity (Wildman–Crippen MR) is 110 cm³/mol. The van der Waals surface area contributed by atoms with Crippen LogP contribution < -0.4 is 10.6 Å². The first-order valence-corrected chi connectivity index (χ1v) is 9.67. The average Bonchev–Trinajstić information content (AvgIpc) is 3.26. The van der Waals surface area contributed by atoms with Gasteiger partial charge in [-0.15, -0.1) is 0 Å². The average molecular weight is 390 g/mol. The van der Waals surface area contributed by atoms with Crippen LogP contribution in [0.25, 0.3) is 0 Å². The summed E-state index contributed by atoms with van der Waals surface area (Å²) in [4.78, 5) is 30.8. The summed E-state index contributed by atoms with van der Waals surface area (Å²) in [6.07, 6.45) is 3.47. The van der Waals surface area contributed by atoms with Crippen LogP contribution in [0.15, 0.2) is 42.6 Å². The smallest absolute Gasteiger partial charge is 0.256 e. The number of nitrogens with one attached hydrogen (secondary N) is 2. The van der Waals surface area contributed by atoms with Crippen LogP contribution in [0.3, 0.4) is 0 Å². The molecule has 2 aromatic rings. The van der Waals surface area contributed by atoms with E-state index < -0.39 is 0 Å². The zero-order valence-electron chi connectivity index (χ0n) is 16.0. The SMILES string of the molecule is O=C1CNc2ncc(C(=O)N(CC#Cc3ccccc3)CC3CCCO3)cc2N1. The van der Waals surface area contributed by atoms with Gasteiger partial charge in [-0.3, -0.25) is 9.59 Å². The molecule has 29 heavy (non-hydrogen) atoms. The molecule has 1 saturated heterocycles. The lowest BCUT2D eigenvalue weighted by molar-refractivity contribution is -0.114. The number of hydrogen-bond donors (Lipinski definition) is 2. The van der Waals surface area contributed by atoms with E-state index in [4.69, 9.17) is 4.74 Å². The number of ether oxygens (including phenoxy) is 1. The summed E-state index contributed by atoms with van der Waals surface area (Å²) in [6.45, 7) is 1.66. The van der Waals surface area contributed by atoms with Crippen LogP contribution in [0.5, 0.6) is 0 Å². The van der Waals surface area contributed by atoms with E-state index >= 15 is 0 Å². The Morgan fingerprint density at radius 2 is 2.17 bits per heavy atom. The van der Waals surface area contributed by atoms with Crippen LogP contribution in [-0.4, -0.2) is 54.0 Å². The standard InChI is InChI=1S/C22H22N4O3/c27-20-14-24-21-19(25-20)12-17(13-23-21)22(28)26(15-18-9-5-11-29-18)10-4-8-16-6-2-1-3-7-16/h1-3,6-7,12-13,18H,5,9-11,14-15H2,(H,23,24)(H,25,27). The molecule has 0 aliphatic carbocycles. The molecule has 1 unspecified atom stereocenters. The first kappa shape index (κ1) is 19.0. The molecular weight excluding hydrogens is 368 g/mol. The molecule has 0 radical (unpaired) electrons. The summed E-state index contributed by atoms with van der Waals surface area (Å²) < 4.78 is 5.71. The van der Waals surface area contributed by atoms with Gasteiger partial charge in [0.05, 0.1) is 30.4 Å². The molecule has 1 aromatic carbocycles. The first-order valence-electron chi connectivity index (χ1n) is 9.67. The highest BCUT2D eigenvalue weighted by molar-refractivity contribution is 6.02. The van der Waals surface area contributed by atoms with Crippen molar-refractivity contribution in [2.75, 3.05) is 36.9 Å². The minimum absolute atomic E-state index is 0.0180. The van der Waals surface area contributed by atoms with E-state index in [1.165, 1.54) is 6.20 Å². The van der Waals surface area contributed by atoms with Gasteiger partial charge in [-0.25, -0.2) is 4.98 Å². The molecule has 1 aromatic heterocycles. The van der Waals surface area contributed by atoms with E-state index in [-0.39, 0.29) is 31.0 Å². The lowest BCUT2D eigenvalue weighted by atomic mass is 10.1. The monoisotopic (exact) mass is 390 g/mol. The molecule has 2 N–H and O–H groups in total. The topological polar surface area (TPSA) is 83.6 Å². The van der Waals surface area contributed by atoms with Crippen LogP contribution in [-0.2, 0) is 9.53 Å². The minimum atomic E-state index is -0.182. The number of hydrogen-bond acceptors (Lipinski definition) is 5. The molecule has 148 valence electrons. The van der Waals surface area contributed by atoms with Crippen LogP contribution in [0.1, 0.15) is 28.8 Å². The molecule has 0 saturated carbocycles. The van der Waals surface area contributed by atoms with E-state index in [0.717, 1.165) is 25.0 Å². The fraction of sp³-hybridized carbons (Fsp3) is 0.318. The van der Waals surface area contributed by atoms with Crippen LogP contribution in [0, 0.1) is 11.8 Å². The van der Waals surface area contributed by atoms with Crippen LogP contribution >= 0.6 is 0 Å². The number of benzene rings is 1. The highest BCUT2D eigenvalue weighted by atomic mass is 16.5. The maximum atomic E-state index is 13.2. The summed E-state index contributed by atoms with van der Waals surface area (Å²) in [7, 11) is 0. The number of nitrogens with zero attached hydrogens (tertiary/aromatic N) is 2. The Morgan fingerprint density at radius 3 is 2.97 bits per heavy atom. The van der Waals surface area contributed by atoms with Gasteiger partial charge in [-0.1, -0.05) is 30.0 Å². The van der Waals surface area contributed by atoms with Gasteiger partial charge in [0.15, 0.2) is 0 Å². The van der Waals surface area contributed by atoms with Crippen molar-refractivity contribution >= 4 is 23.3 Å². The summed E-state index contributed by atoms with van der Waals surface area (Å²) in [5.41, 5.74) is 1.83. The highest BCUT2D eigenvalue weighted by Crippen LogP contribution is 2.24. The Hall–Kier alpha value is -3.37. The predicted octanol–water partition coefficient (Wildman–Crippen LogP) is 2.12. The van der Waals surface area contributed by atoms with Crippen molar-refractivity contribution in [1.29, 1.82) is 0 Å². The maximum absolute atomic E-state index is 13.2. The summed E-state index contributed by atoms with van der Waals surface area (Å²) >= 11 is 0. The third kappa shape index (κ3) is 4.73. The number of carbonyl (C=O) groups is 2. The van der Waals surface area contributed by atoms with E-state index in [1.54, 1.807) is 11.0 Å². The van der Waals surface area contributed by atoms with Crippen LogP contribution in [0.2, 0.25) is 0 Å². The number of anilines is 2. The number of fused-ring (bicyclic) bond motifs is 1. The third-order valence-corrected chi connectivity index (χ3v) is 4.84. The van der Waals surface area contributed by atoms with E-state index in [9.17, 15) is 9.59 Å². The molecule has 3 heterocycles. The molecular formula is C22H22N4O3. The Balaban J connectivity index is 1.53. The van der Waals surface area contributed by atoms with Crippen molar-refractivity contribution in [3.63, 3.8) is 0 Å². The van der Waals surface area contributed by atoms with Gasteiger partial charge in [-0.05, 0) is 31.0 Å². The Bertz CT molecular complexity index is 959. The normalized spacial score (nSPS) is 17.4. The Kier molecular flexibility index (Phi) is 5.73. The van der Waals surface area contributed by atoms with Crippen molar-refractivity contribution in [1.82, 2.24) is 9.88 Å².